The third kappa shape index (κ3) is 4.49. The zero-order chi connectivity index (χ0) is 13.5. The van der Waals surface area contributed by atoms with Gasteiger partial charge in [-0.25, -0.2) is 0 Å². The Labute approximate surface area is 110 Å². The topological polar surface area (TPSA) is 38.3 Å². The van der Waals surface area contributed by atoms with E-state index < -0.39 is 0 Å². The van der Waals surface area contributed by atoms with Crippen LogP contribution in [-0.4, -0.2) is 25.5 Å². The smallest absolute Gasteiger partial charge is 0.179 e. The Kier molecular flexibility index (Phi) is 5.86. The van der Waals surface area contributed by atoms with Crippen LogP contribution in [0.1, 0.15) is 37.6 Å². The number of benzene rings is 1. The standard InChI is InChI=1S/C15H23NO2/c1-11(2)9-10-16-12(3)15(17)13-5-7-14(18-4)8-6-13/h5-8,11-12,16H,9-10H2,1-4H3. The van der Waals surface area contributed by atoms with Crippen LogP contribution in [0.5, 0.6) is 5.75 Å². The summed E-state index contributed by atoms with van der Waals surface area (Å²) < 4.78 is 5.07. The summed E-state index contributed by atoms with van der Waals surface area (Å²) in [5, 5.41) is 3.26. The zero-order valence-electron chi connectivity index (χ0n) is 11.7. The number of methoxy groups -OCH3 is 1. The molecule has 0 aliphatic rings. The summed E-state index contributed by atoms with van der Waals surface area (Å²) in [6.45, 7) is 7.14. The lowest BCUT2D eigenvalue weighted by atomic mass is 10.0. The molecule has 1 aromatic rings. The van der Waals surface area contributed by atoms with Crippen molar-refractivity contribution in [3.8, 4) is 5.75 Å². The highest BCUT2D eigenvalue weighted by Crippen LogP contribution is 2.12. The van der Waals surface area contributed by atoms with E-state index in [1.807, 2.05) is 31.2 Å². The number of nitrogens with one attached hydrogen (secondary N) is 1. The lowest BCUT2D eigenvalue weighted by Crippen LogP contribution is -2.35. The van der Waals surface area contributed by atoms with E-state index in [0.29, 0.717) is 5.92 Å². The monoisotopic (exact) mass is 249 g/mol. The number of hydrogen-bond donors (Lipinski definition) is 1. The number of rotatable bonds is 7. The maximum absolute atomic E-state index is 12.1. The lowest BCUT2D eigenvalue weighted by molar-refractivity contribution is 0.0950. The maximum atomic E-state index is 12.1. The van der Waals surface area contributed by atoms with E-state index in [1.165, 1.54) is 0 Å². The first-order valence-electron chi connectivity index (χ1n) is 6.46. The number of ketones is 1. The first-order valence-corrected chi connectivity index (χ1v) is 6.46. The van der Waals surface area contributed by atoms with E-state index in [0.717, 1.165) is 24.3 Å². The molecule has 1 N–H and O–H groups in total. The van der Waals surface area contributed by atoms with Gasteiger partial charge in [0.05, 0.1) is 13.2 Å². The van der Waals surface area contributed by atoms with Crippen LogP contribution in [-0.2, 0) is 0 Å². The molecule has 1 aromatic carbocycles. The van der Waals surface area contributed by atoms with Gasteiger partial charge < -0.3 is 10.1 Å². The molecule has 1 rings (SSSR count). The first kappa shape index (κ1) is 14.7. The molecule has 0 bridgehead atoms. The molecule has 3 heteroatoms. The van der Waals surface area contributed by atoms with Gasteiger partial charge in [-0.2, -0.15) is 0 Å². The summed E-state index contributed by atoms with van der Waals surface area (Å²) in [4.78, 5) is 12.1. The summed E-state index contributed by atoms with van der Waals surface area (Å²) >= 11 is 0. The molecule has 0 fully saturated rings. The van der Waals surface area contributed by atoms with Gasteiger partial charge in [-0.1, -0.05) is 13.8 Å². The van der Waals surface area contributed by atoms with Crippen molar-refractivity contribution in [2.45, 2.75) is 33.2 Å². The van der Waals surface area contributed by atoms with Crippen LogP contribution < -0.4 is 10.1 Å². The maximum Gasteiger partial charge on any atom is 0.179 e. The molecule has 100 valence electrons. The fourth-order valence-corrected chi connectivity index (χ4v) is 1.69. The van der Waals surface area contributed by atoms with Gasteiger partial charge in [0.25, 0.3) is 0 Å². The minimum Gasteiger partial charge on any atom is -0.497 e. The Bertz CT molecular complexity index is 371. The zero-order valence-corrected chi connectivity index (χ0v) is 11.7. The van der Waals surface area contributed by atoms with Crippen LogP contribution in [0.15, 0.2) is 24.3 Å². The van der Waals surface area contributed by atoms with Gasteiger partial charge in [0, 0.05) is 5.56 Å². The third-order valence-corrected chi connectivity index (χ3v) is 2.94. The van der Waals surface area contributed by atoms with E-state index in [-0.39, 0.29) is 11.8 Å². The summed E-state index contributed by atoms with van der Waals surface area (Å²) in [5.41, 5.74) is 0.723. The highest BCUT2D eigenvalue weighted by Gasteiger charge is 2.14. The lowest BCUT2D eigenvalue weighted by Gasteiger charge is -2.14. The highest BCUT2D eigenvalue weighted by molar-refractivity contribution is 5.99. The Balaban J connectivity index is 2.51. The normalized spacial score (nSPS) is 12.5. The third-order valence-electron chi connectivity index (χ3n) is 2.94. The summed E-state index contributed by atoms with van der Waals surface area (Å²) in [6.07, 6.45) is 1.08. The summed E-state index contributed by atoms with van der Waals surface area (Å²) in [6, 6.07) is 7.10. The number of hydrogen-bond acceptors (Lipinski definition) is 3. The largest absolute Gasteiger partial charge is 0.497 e. The Morgan fingerprint density at radius 3 is 2.33 bits per heavy atom. The van der Waals surface area contributed by atoms with Gasteiger partial charge in [0.1, 0.15) is 5.75 Å². The van der Waals surface area contributed by atoms with E-state index in [9.17, 15) is 4.79 Å². The van der Waals surface area contributed by atoms with Crippen molar-refractivity contribution in [3.05, 3.63) is 29.8 Å². The SMILES string of the molecule is COc1ccc(C(=O)C(C)NCCC(C)C)cc1. The second kappa shape index (κ2) is 7.17. The van der Waals surface area contributed by atoms with Crippen LogP contribution in [0.25, 0.3) is 0 Å². The molecule has 0 aromatic heterocycles. The van der Waals surface area contributed by atoms with Gasteiger partial charge in [-0.05, 0) is 50.1 Å². The van der Waals surface area contributed by atoms with Gasteiger partial charge in [-0.15, -0.1) is 0 Å². The minimum atomic E-state index is -0.142. The van der Waals surface area contributed by atoms with Crippen LogP contribution in [0.2, 0.25) is 0 Å². The molecule has 18 heavy (non-hydrogen) atoms. The average Bonchev–Trinajstić information content (AvgIpc) is 2.37. The fraction of sp³-hybridized carbons (Fsp3) is 0.533. The van der Waals surface area contributed by atoms with Gasteiger partial charge in [0.2, 0.25) is 0 Å². The molecule has 1 unspecified atom stereocenters. The molecule has 3 nitrogen and oxygen atoms in total. The second-order valence-corrected chi connectivity index (χ2v) is 4.95. The molecule has 0 saturated heterocycles. The van der Waals surface area contributed by atoms with Crippen LogP contribution in [0.3, 0.4) is 0 Å². The molecule has 1 atom stereocenters. The predicted molar refractivity (Wildman–Crippen MR) is 74.2 cm³/mol. The van der Waals surface area contributed by atoms with Crippen molar-refractivity contribution < 1.29 is 9.53 Å². The molecule has 0 amide bonds. The molecule has 0 aliphatic carbocycles. The van der Waals surface area contributed by atoms with Gasteiger partial charge >= 0.3 is 0 Å². The van der Waals surface area contributed by atoms with Gasteiger partial charge in [-0.3, -0.25) is 4.79 Å². The number of ether oxygens (including phenoxy) is 1. The van der Waals surface area contributed by atoms with Crippen molar-refractivity contribution in [3.63, 3.8) is 0 Å². The fourth-order valence-electron chi connectivity index (χ4n) is 1.69. The second-order valence-electron chi connectivity index (χ2n) is 4.95. The quantitative estimate of drug-likeness (QED) is 0.755. The Morgan fingerprint density at radius 1 is 1.22 bits per heavy atom. The van der Waals surface area contributed by atoms with Gasteiger partial charge in [0.15, 0.2) is 5.78 Å². The van der Waals surface area contributed by atoms with Crippen LogP contribution in [0, 0.1) is 5.92 Å². The first-order chi connectivity index (χ1) is 8.54. The molecule has 0 heterocycles. The minimum absolute atomic E-state index is 0.126. The van der Waals surface area contributed by atoms with Crippen molar-refractivity contribution in [2.75, 3.05) is 13.7 Å². The van der Waals surface area contributed by atoms with Crippen LogP contribution in [0.4, 0.5) is 0 Å². The van der Waals surface area contributed by atoms with E-state index in [2.05, 4.69) is 19.2 Å². The molecule has 0 spiro atoms. The molecule has 0 aliphatic heterocycles. The van der Waals surface area contributed by atoms with Crippen molar-refractivity contribution in [2.24, 2.45) is 5.92 Å². The number of Topliss-reactive ketones (excluding diaryl/α,β-unsaturated/α-hetero) is 1. The van der Waals surface area contributed by atoms with Crippen LogP contribution >= 0.6 is 0 Å². The predicted octanol–water partition coefficient (Wildman–Crippen LogP) is 2.90. The molecule has 0 saturated carbocycles. The van der Waals surface area contributed by atoms with E-state index in [1.54, 1.807) is 7.11 Å². The Morgan fingerprint density at radius 2 is 1.83 bits per heavy atom. The van der Waals surface area contributed by atoms with E-state index >= 15 is 0 Å². The molecular formula is C15H23NO2. The number of carbonyl (C=O) groups is 1. The highest BCUT2D eigenvalue weighted by atomic mass is 16.5. The van der Waals surface area contributed by atoms with Crippen molar-refractivity contribution in [1.29, 1.82) is 0 Å². The summed E-state index contributed by atoms with van der Waals surface area (Å²) in [5.74, 6) is 1.55. The average molecular weight is 249 g/mol. The molecule has 0 radical (unpaired) electrons. The van der Waals surface area contributed by atoms with Crippen molar-refractivity contribution in [1.82, 2.24) is 5.32 Å². The molecular weight excluding hydrogens is 226 g/mol. The number of carbonyl (C=O) groups excluding carboxylic acids is 1. The van der Waals surface area contributed by atoms with Crippen molar-refractivity contribution >= 4 is 5.78 Å². The van der Waals surface area contributed by atoms with E-state index in [4.69, 9.17) is 4.74 Å². The summed E-state index contributed by atoms with van der Waals surface area (Å²) in [7, 11) is 1.62. The Hall–Kier alpha value is -1.35.